The molecular formula is C12H16FNS. The maximum atomic E-state index is 13.2. The number of anilines is 1. The molecule has 1 aromatic rings. The second-order valence-corrected chi connectivity index (χ2v) is 5.25. The molecule has 1 nitrogen and oxygen atoms in total. The summed E-state index contributed by atoms with van der Waals surface area (Å²) in [5, 5.41) is 0. The van der Waals surface area contributed by atoms with Gasteiger partial charge in [0.2, 0.25) is 0 Å². The first-order valence-corrected chi connectivity index (χ1v) is 6.53. The van der Waals surface area contributed by atoms with Gasteiger partial charge in [0.1, 0.15) is 5.82 Å². The van der Waals surface area contributed by atoms with E-state index in [4.69, 9.17) is 5.73 Å². The molecule has 1 heterocycles. The fraction of sp³-hybridized carbons (Fsp3) is 0.500. The summed E-state index contributed by atoms with van der Waals surface area (Å²) in [6.45, 7) is 0. The molecule has 82 valence electrons. The first-order chi connectivity index (χ1) is 7.27. The van der Waals surface area contributed by atoms with Gasteiger partial charge >= 0.3 is 0 Å². The predicted octanol–water partition coefficient (Wildman–Crippen LogP) is 3.09. The molecule has 3 heteroatoms. The summed E-state index contributed by atoms with van der Waals surface area (Å²) in [5.74, 6) is 2.86. The summed E-state index contributed by atoms with van der Waals surface area (Å²) in [5.41, 5.74) is 7.03. The van der Waals surface area contributed by atoms with Gasteiger partial charge in [0.15, 0.2) is 0 Å². The molecule has 0 amide bonds. The third-order valence-corrected chi connectivity index (χ3v) is 4.19. The van der Waals surface area contributed by atoms with E-state index >= 15 is 0 Å². The Morgan fingerprint density at radius 2 is 2.33 bits per heavy atom. The zero-order valence-electron chi connectivity index (χ0n) is 8.71. The van der Waals surface area contributed by atoms with E-state index in [1.54, 1.807) is 6.07 Å². The summed E-state index contributed by atoms with van der Waals surface area (Å²) < 4.78 is 13.2. The minimum absolute atomic E-state index is 0.282. The first-order valence-electron chi connectivity index (χ1n) is 5.38. The minimum Gasteiger partial charge on any atom is -0.396 e. The quantitative estimate of drug-likeness (QED) is 0.783. The smallest absolute Gasteiger partial charge is 0.146 e. The fourth-order valence-electron chi connectivity index (χ4n) is 2.04. The Morgan fingerprint density at radius 3 is 3.07 bits per heavy atom. The van der Waals surface area contributed by atoms with Crippen molar-refractivity contribution in [1.82, 2.24) is 0 Å². The van der Waals surface area contributed by atoms with E-state index in [2.05, 4.69) is 0 Å². The van der Waals surface area contributed by atoms with Gasteiger partial charge in [-0.1, -0.05) is 12.1 Å². The highest BCUT2D eigenvalue weighted by molar-refractivity contribution is 7.99. The highest BCUT2D eigenvalue weighted by Crippen LogP contribution is 2.28. The van der Waals surface area contributed by atoms with Crippen molar-refractivity contribution in [2.24, 2.45) is 5.92 Å². The van der Waals surface area contributed by atoms with Crippen LogP contribution in [0.1, 0.15) is 18.4 Å². The van der Waals surface area contributed by atoms with Crippen molar-refractivity contribution in [3.63, 3.8) is 0 Å². The molecule has 1 saturated heterocycles. The Bertz CT molecular complexity index is 334. The van der Waals surface area contributed by atoms with Crippen LogP contribution < -0.4 is 5.73 Å². The van der Waals surface area contributed by atoms with Gasteiger partial charge in [-0.15, -0.1) is 0 Å². The van der Waals surface area contributed by atoms with Gasteiger partial charge in [-0.3, -0.25) is 0 Å². The number of benzene rings is 1. The van der Waals surface area contributed by atoms with E-state index in [1.165, 1.54) is 30.4 Å². The van der Waals surface area contributed by atoms with Crippen LogP contribution in [0.5, 0.6) is 0 Å². The lowest BCUT2D eigenvalue weighted by Gasteiger charge is -2.21. The van der Waals surface area contributed by atoms with Gasteiger partial charge < -0.3 is 5.73 Å². The van der Waals surface area contributed by atoms with Crippen LogP contribution in [-0.2, 0) is 6.42 Å². The van der Waals surface area contributed by atoms with Gasteiger partial charge in [0.05, 0.1) is 5.69 Å². The molecule has 1 aromatic carbocycles. The van der Waals surface area contributed by atoms with E-state index in [0.29, 0.717) is 11.6 Å². The van der Waals surface area contributed by atoms with Crippen molar-refractivity contribution >= 4 is 17.4 Å². The summed E-state index contributed by atoms with van der Waals surface area (Å²) >= 11 is 2.00. The van der Waals surface area contributed by atoms with Crippen molar-refractivity contribution in [2.45, 2.75) is 19.3 Å². The van der Waals surface area contributed by atoms with Crippen LogP contribution in [0.15, 0.2) is 18.2 Å². The fourth-order valence-corrected chi connectivity index (χ4v) is 3.19. The largest absolute Gasteiger partial charge is 0.396 e. The van der Waals surface area contributed by atoms with Crippen molar-refractivity contribution in [3.05, 3.63) is 29.6 Å². The Labute approximate surface area is 94.2 Å². The lowest BCUT2D eigenvalue weighted by Crippen LogP contribution is -2.14. The van der Waals surface area contributed by atoms with Crippen LogP contribution in [0.2, 0.25) is 0 Å². The van der Waals surface area contributed by atoms with Gasteiger partial charge in [-0.25, -0.2) is 4.39 Å². The van der Waals surface area contributed by atoms with Crippen LogP contribution >= 0.6 is 11.8 Å². The number of nitrogens with two attached hydrogens (primary N) is 1. The normalized spacial score (nSPS) is 21.5. The standard InChI is InChI=1S/C12H16FNS/c13-11-5-1-4-10(12(11)14)7-9-3-2-6-15-8-9/h1,4-5,9H,2-3,6-8,14H2. The van der Waals surface area contributed by atoms with Crippen molar-refractivity contribution in [1.29, 1.82) is 0 Å². The molecule has 0 spiro atoms. The van der Waals surface area contributed by atoms with E-state index in [9.17, 15) is 4.39 Å². The van der Waals surface area contributed by atoms with Crippen LogP contribution in [0.4, 0.5) is 10.1 Å². The molecule has 0 saturated carbocycles. The van der Waals surface area contributed by atoms with Gasteiger partial charge in [-0.05, 0) is 48.3 Å². The van der Waals surface area contributed by atoms with Gasteiger partial charge in [-0.2, -0.15) is 11.8 Å². The zero-order valence-corrected chi connectivity index (χ0v) is 9.52. The summed E-state index contributed by atoms with van der Waals surface area (Å²) in [6, 6.07) is 5.11. The Balaban J connectivity index is 2.06. The molecule has 15 heavy (non-hydrogen) atoms. The Hall–Kier alpha value is -0.700. The Morgan fingerprint density at radius 1 is 1.47 bits per heavy atom. The molecular weight excluding hydrogens is 209 g/mol. The average Bonchev–Trinajstić information content (AvgIpc) is 2.26. The highest BCUT2D eigenvalue weighted by atomic mass is 32.2. The highest BCUT2D eigenvalue weighted by Gasteiger charge is 2.16. The summed E-state index contributed by atoms with van der Waals surface area (Å²) in [6.07, 6.45) is 3.46. The zero-order chi connectivity index (χ0) is 10.7. The number of halogens is 1. The maximum Gasteiger partial charge on any atom is 0.146 e. The lowest BCUT2D eigenvalue weighted by atomic mass is 9.95. The molecule has 1 aliphatic rings. The number of hydrogen-bond donors (Lipinski definition) is 1. The molecule has 2 N–H and O–H groups in total. The van der Waals surface area contributed by atoms with Crippen LogP contribution in [0.25, 0.3) is 0 Å². The molecule has 1 unspecified atom stereocenters. The van der Waals surface area contributed by atoms with Crippen molar-refractivity contribution < 1.29 is 4.39 Å². The second kappa shape index (κ2) is 4.88. The molecule has 1 atom stereocenters. The molecule has 0 aliphatic carbocycles. The SMILES string of the molecule is Nc1c(F)cccc1CC1CCCSC1. The summed E-state index contributed by atoms with van der Waals surface area (Å²) in [7, 11) is 0. The van der Waals surface area contributed by atoms with Crippen LogP contribution in [0.3, 0.4) is 0 Å². The first kappa shape index (κ1) is 10.8. The van der Waals surface area contributed by atoms with E-state index < -0.39 is 0 Å². The molecule has 0 radical (unpaired) electrons. The second-order valence-electron chi connectivity index (χ2n) is 4.10. The molecule has 1 aliphatic heterocycles. The topological polar surface area (TPSA) is 26.0 Å². The summed E-state index contributed by atoms with van der Waals surface area (Å²) in [4.78, 5) is 0. The third-order valence-electron chi connectivity index (χ3n) is 2.91. The number of rotatable bonds is 2. The van der Waals surface area contributed by atoms with E-state index in [0.717, 1.165) is 12.0 Å². The van der Waals surface area contributed by atoms with Gasteiger partial charge in [0, 0.05) is 0 Å². The third kappa shape index (κ3) is 2.65. The average molecular weight is 225 g/mol. The number of para-hydroxylation sites is 1. The number of nitrogen functional groups attached to an aromatic ring is 1. The molecule has 2 rings (SSSR count). The maximum absolute atomic E-state index is 13.2. The number of hydrogen-bond acceptors (Lipinski definition) is 2. The van der Waals surface area contributed by atoms with Crippen LogP contribution in [0, 0.1) is 11.7 Å². The van der Waals surface area contributed by atoms with E-state index in [-0.39, 0.29) is 5.82 Å². The van der Waals surface area contributed by atoms with Crippen LogP contribution in [-0.4, -0.2) is 11.5 Å². The van der Waals surface area contributed by atoms with Crippen molar-refractivity contribution in [3.8, 4) is 0 Å². The van der Waals surface area contributed by atoms with Gasteiger partial charge in [0.25, 0.3) is 0 Å². The lowest BCUT2D eigenvalue weighted by molar-refractivity contribution is 0.520. The minimum atomic E-state index is -0.282. The predicted molar refractivity (Wildman–Crippen MR) is 64.6 cm³/mol. The van der Waals surface area contributed by atoms with E-state index in [1.807, 2.05) is 17.8 Å². The Kier molecular flexibility index (Phi) is 3.52. The monoisotopic (exact) mass is 225 g/mol. The number of thioether (sulfide) groups is 1. The molecule has 0 bridgehead atoms. The van der Waals surface area contributed by atoms with Crippen molar-refractivity contribution in [2.75, 3.05) is 17.2 Å². The molecule has 0 aromatic heterocycles. The molecule has 1 fully saturated rings.